The zero-order chi connectivity index (χ0) is 10.8. The van der Waals surface area contributed by atoms with E-state index in [1.54, 1.807) is 0 Å². The molecule has 2 nitrogen and oxygen atoms in total. The number of rotatable bonds is 2. The zero-order valence-corrected chi connectivity index (χ0v) is 11.3. The van der Waals surface area contributed by atoms with Gasteiger partial charge in [-0.05, 0) is 42.1 Å². The molecule has 1 saturated carbocycles. The van der Waals surface area contributed by atoms with E-state index >= 15 is 0 Å². The van der Waals surface area contributed by atoms with Crippen molar-refractivity contribution in [3.05, 3.63) is 16.4 Å². The molecule has 0 aliphatic heterocycles. The van der Waals surface area contributed by atoms with Crippen LogP contribution >= 0.6 is 27.5 Å². The van der Waals surface area contributed by atoms with Crippen molar-refractivity contribution in [2.24, 2.45) is 0 Å². The molecule has 1 aromatic rings. The van der Waals surface area contributed by atoms with Crippen LogP contribution in [-0.4, -0.2) is 15.2 Å². The maximum Gasteiger partial charge on any atom is 0.0635 e. The highest BCUT2D eigenvalue weighted by Gasteiger charge is 2.26. The fourth-order valence-electron chi connectivity index (χ4n) is 2.41. The van der Waals surface area contributed by atoms with Gasteiger partial charge in [-0.1, -0.05) is 6.42 Å². The van der Waals surface area contributed by atoms with Crippen LogP contribution in [0.25, 0.3) is 0 Å². The average molecular weight is 292 g/mol. The van der Waals surface area contributed by atoms with Crippen molar-refractivity contribution in [1.82, 2.24) is 9.78 Å². The van der Waals surface area contributed by atoms with Crippen molar-refractivity contribution < 1.29 is 0 Å². The normalized spacial score (nSPS) is 26.9. The predicted octanol–water partition coefficient (Wildman–Crippen LogP) is 3.93. The second-order valence-corrected chi connectivity index (χ2v) is 5.63. The summed E-state index contributed by atoms with van der Waals surface area (Å²) in [6.45, 7) is 3.06. The molecular weight excluding hydrogens is 275 g/mol. The van der Waals surface area contributed by atoms with Gasteiger partial charge in [-0.2, -0.15) is 5.10 Å². The predicted molar refractivity (Wildman–Crippen MR) is 66.5 cm³/mol. The largest absolute Gasteiger partial charge is 0.268 e. The van der Waals surface area contributed by atoms with Crippen molar-refractivity contribution in [2.45, 2.75) is 50.4 Å². The SMILES string of the molecule is CCn1ncc(Br)c1C1CCCC(Cl)C1. The Morgan fingerprint density at radius 2 is 2.40 bits per heavy atom. The molecule has 1 aliphatic rings. The Morgan fingerprint density at radius 3 is 3.07 bits per heavy atom. The summed E-state index contributed by atoms with van der Waals surface area (Å²) in [4.78, 5) is 0. The summed E-state index contributed by atoms with van der Waals surface area (Å²) in [7, 11) is 0. The number of hydrogen-bond acceptors (Lipinski definition) is 1. The van der Waals surface area contributed by atoms with Crippen LogP contribution < -0.4 is 0 Å². The van der Waals surface area contributed by atoms with Gasteiger partial charge in [0.25, 0.3) is 0 Å². The molecule has 4 heteroatoms. The quantitative estimate of drug-likeness (QED) is 0.755. The minimum atomic E-state index is 0.343. The molecule has 84 valence electrons. The summed E-state index contributed by atoms with van der Waals surface area (Å²) in [6, 6.07) is 0. The van der Waals surface area contributed by atoms with E-state index in [9.17, 15) is 0 Å². The summed E-state index contributed by atoms with van der Waals surface area (Å²) in [5.74, 6) is 0.582. The molecule has 0 amide bonds. The minimum Gasteiger partial charge on any atom is -0.268 e. The van der Waals surface area contributed by atoms with Gasteiger partial charge in [-0.25, -0.2) is 0 Å². The third kappa shape index (κ3) is 2.39. The molecule has 0 saturated heterocycles. The Hall–Kier alpha value is -0.0200. The lowest BCUT2D eigenvalue weighted by molar-refractivity contribution is 0.421. The van der Waals surface area contributed by atoms with Crippen LogP contribution in [0.4, 0.5) is 0 Å². The zero-order valence-electron chi connectivity index (χ0n) is 8.92. The number of aromatic nitrogens is 2. The molecule has 15 heavy (non-hydrogen) atoms. The van der Waals surface area contributed by atoms with Crippen molar-refractivity contribution >= 4 is 27.5 Å². The lowest BCUT2D eigenvalue weighted by atomic mass is 9.86. The molecule has 1 fully saturated rings. The lowest BCUT2D eigenvalue weighted by Crippen LogP contribution is -2.17. The lowest BCUT2D eigenvalue weighted by Gasteiger charge is -2.26. The van der Waals surface area contributed by atoms with Gasteiger partial charge in [0.15, 0.2) is 0 Å². The van der Waals surface area contributed by atoms with E-state index in [-0.39, 0.29) is 0 Å². The smallest absolute Gasteiger partial charge is 0.0635 e. The summed E-state index contributed by atoms with van der Waals surface area (Å²) < 4.78 is 3.23. The second-order valence-electron chi connectivity index (χ2n) is 4.15. The molecule has 0 N–H and O–H groups in total. The first kappa shape index (κ1) is 11.5. The fraction of sp³-hybridized carbons (Fsp3) is 0.727. The maximum atomic E-state index is 6.23. The minimum absolute atomic E-state index is 0.343. The monoisotopic (exact) mass is 290 g/mol. The molecule has 0 bridgehead atoms. The van der Waals surface area contributed by atoms with Crippen LogP contribution in [0.1, 0.15) is 44.2 Å². The molecular formula is C11H16BrClN2. The van der Waals surface area contributed by atoms with Gasteiger partial charge < -0.3 is 0 Å². The molecule has 0 aromatic carbocycles. The molecule has 0 radical (unpaired) electrons. The topological polar surface area (TPSA) is 17.8 Å². The molecule has 2 unspecified atom stereocenters. The number of alkyl halides is 1. The van der Waals surface area contributed by atoms with E-state index in [0.29, 0.717) is 11.3 Å². The molecule has 2 rings (SSSR count). The van der Waals surface area contributed by atoms with Crippen LogP contribution in [0, 0.1) is 0 Å². The van der Waals surface area contributed by atoms with Gasteiger partial charge in [0, 0.05) is 17.8 Å². The fourth-order valence-corrected chi connectivity index (χ4v) is 3.40. The summed E-state index contributed by atoms with van der Waals surface area (Å²) in [6.07, 6.45) is 6.63. The first-order valence-corrected chi connectivity index (χ1v) is 6.80. The van der Waals surface area contributed by atoms with Gasteiger partial charge in [-0.15, -0.1) is 11.6 Å². The maximum absolute atomic E-state index is 6.23. The first-order valence-electron chi connectivity index (χ1n) is 5.57. The van der Waals surface area contributed by atoms with E-state index in [1.807, 2.05) is 6.20 Å². The molecule has 1 aromatic heterocycles. The van der Waals surface area contributed by atoms with Gasteiger partial charge in [0.1, 0.15) is 0 Å². The van der Waals surface area contributed by atoms with Crippen LogP contribution in [0.5, 0.6) is 0 Å². The Bertz CT molecular complexity index is 337. The van der Waals surface area contributed by atoms with Crippen molar-refractivity contribution in [3.8, 4) is 0 Å². The standard InChI is InChI=1S/C11H16BrClN2/c1-2-15-11(10(12)7-14-15)8-4-3-5-9(13)6-8/h7-9H,2-6H2,1H3. The van der Waals surface area contributed by atoms with E-state index in [2.05, 4.69) is 32.6 Å². The van der Waals surface area contributed by atoms with Gasteiger partial charge in [-0.3, -0.25) is 4.68 Å². The Kier molecular flexibility index (Phi) is 3.73. The number of hydrogen-bond donors (Lipinski definition) is 0. The molecule has 1 aliphatic carbocycles. The summed E-state index contributed by atoms with van der Waals surface area (Å²) in [5, 5.41) is 4.70. The molecule has 2 atom stereocenters. The van der Waals surface area contributed by atoms with Crippen LogP contribution in [-0.2, 0) is 6.54 Å². The van der Waals surface area contributed by atoms with E-state index in [1.165, 1.54) is 18.5 Å². The van der Waals surface area contributed by atoms with Crippen molar-refractivity contribution in [2.75, 3.05) is 0 Å². The van der Waals surface area contributed by atoms with Crippen LogP contribution in [0.3, 0.4) is 0 Å². The first-order chi connectivity index (χ1) is 7.22. The number of nitrogens with zero attached hydrogens (tertiary/aromatic N) is 2. The Balaban J connectivity index is 2.23. The van der Waals surface area contributed by atoms with E-state index in [0.717, 1.165) is 23.9 Å². The second kappa shape index (κ2) is 4.88. The van der Waals surface area contributed by atoms with Crippen LogP contribution in [0.2, 0.25) is 0 Å². The highest BCUT2D eigenvalue weighted by Crippen LogP contribution is 2.38. The van der Waals surface area contributed by atoms with Crippen molar-refractivity contribution in [1.29, 1.82) is 0 Å². The van der Waals surface area contributed by atoms with E-state index < -0.39 is 0 Å². The summed E-state index contributed by atoms with van der Waals surface area (Å²) in [5.41, 5.74) is 1.34. The number of halogens is 2. The van der Waals surface area contributed by atoms with Crippen LogP contribution in [0.15, 0.2) is 10.7 Å². The Morgan fingerprint density at radius 1 is 1.60 bits per heavy atom. The average Bonchev–Trinajstić information content (AvgIpc) is 2.59. The Labute approximate surface area is 104 Å². The highest BCUT2D eigenvalue weighted by molar-refractivity contribution is 9.10. The summed E-state index contributed by atoms with van der Waals surface area (Å²) >= 11 is 9.82. The van der Waals surface area contributed by atoms with Crippen molar-refractivity contribution in [3.63, 3.8) is 0 Å². The van der Waals surface area contributed by atoms with Gasteiger partial charge in [0.05, 0.1) is 16.4 Å². The molecule has 0 spiro atoms. The van der Waals surface area contributed by atoms with E-state index in [4.69, 9.17) is 11.6 Å². The highest BCUT2D eigenvalue weighted by atomic mass is 79.9. The third-order valence-corrected chi connectivity index (χ3v) is 4.14. The third-order valence-electron chi connectivity index (χ3n) is 3.13. The van der Waals surface area contributed by atoms with Gasteiger partial charge in [0.2, 0.25) is 0 Å². The number of aryl methyl sites for hydroxylation is 1. The molecule has 1 heterocycles. The van der Waals surface area contributed by atoms with Gasteiger partial charge >= 0.3 is 0 Å².